The molecule has 0 heterocycles. The molecule has 0 aromatic heterocycles. The van der Waals surface area contributed by atoms with Crippen LogP contribution in [0.15, 0.2) is 46.9 Å². The van der Waals surface area contributed by atoms with Crippen LogP contribution >= 0.6 is 39.1 Å². The van der Waals surface area contributed by atoms with Gasteiger partial charge in [-0.1, -0.05) is 41.4 Å². The minimum absolute atomic E-state index is 0.139. The highest BCUT2D eigenvalue weighted by Gasteiger charge is 2.11. The van der Waals surface area contributed by atoms with E-state index >= 15 is 0 Å². The number of rotatable bonds is 3. The van der Waals surface area contributed by atoms with Gasteiger partial charge in [0.15, 0.2) is 0 Å². The third-order valence-electron chi connectivity index (χ3n) is 2.55. The lowest BCUT2D eigenvalue weighted by atomic mass is 10.1. The van der Waals surface area contributed by atoms with E-state index in [2.05, 4.69) is 21.2 Å². The van der Waals surface area contributed by atoms with Crippen LogP contribution in [0.25, 0.3) is 0 Å². The lowest BCUT2D eigenvalue weighted by Crippen LogP contribution is -2.15. The molecule has 0 aliphatic rings. The Balaban J connectivity index is 2.12. The van der Waals surface area contributed by atoms with Crippen LogP contribution in [-0.2, 0) is 11.2 Å². The lowest BCUT2D eigenvalue weighted by Gasteiger charge is -2.09. The van der Waals surface area contributed by atoms with Gasteiger partial charge < -0.3 is 5.32 Å². The third kappa shape index (κ3) is 3.72. The molecule has 0 aliphatic carbocycles. The molecule has 2 aromatic rings. The molecule has 0 spiro atoms. The van der Waals surface area contributed by atoms with Gasteiger partial charge in [-0.25, -0.2) is 0 Å². The highest BCUT2D eigenvalue weighted by Crippen LogP contribution is 2.26. The number of halogens is 3. The maximum Gasteiger partial charge on any atom is 0.228 e. The largest absolute Gasteiger partial charge is 0.325 e. The van der Waals surface area contributed by atoms with Crippen molar-refractivity contribution in [2.24, 2.45) is 0 Å². The molecule has 5 heteroatoms. The molecule has 1 N–H and O–H groups in total. The minimum atomic E-state index is -0.165. The van der Waals surface area contributed by atoms with Crippen LogP contribution in [0.4, 0.5) is 5.69 Å². The van der Waals surface area contributed by atoms with E-state index in [0.29, 0.717) is 15.6 Å². The summed E-state index contributed by atoms with van der Waals surface area (Å²) >= 11 is 15.4. The van der Waals surface area contributed by atoms with Crippen LogP contribution in [0.3, 0.4) is 0 Å². The molecule has 98 valence electrons. The van der Waals surface area contributed by atoms with E-state index in [1.807, 2.05) is 24.3 Å². The van der Waals surface area contributed by atoms with E-state index in [9.17, 15) is 4.79 Å². The molecule has 1 amide bonds. The van der Waals surface area contributed by atoms with Gasteiger partial charge in [0.1, 0.15) is 0 Å². The van der Waals surface area contributed by atoms with Crippen LogP contribution in [0.2, 0.25) is 10.0 Å². The van der Waals surface area contributed by atoms with Crippen molar-refractivity contribution in [3.05, 3.63) is 62.5 Å². The van der Waals surface area contributed by atoms with Crippen LogP contribution < -0.4 is 5.32 Å². The van der Waals surface area contributed by atoms with Crippen LogP contribution in [0, 0.1) is 0 Å². The number of hydrogen-bond donors (Lipinski definition) is 1. The smallest absolute Gasteiger partial charge is 0.228 e. The summed E-state index contributed by atoms with van der Waals surface area (Å²) in [6, 6.07) is 12.6. The number of benzene rings is 2. The average molecular weight is 359 g/mol. The molecular formula is C14H10BrCl2NO. The first-order valence-electron chi connectivity index (χ1n) is 5.55. The summed E-state index contributed by atoms with van der Waals surface area (Å²) < 4.78 is 0.827. The van der Waals surface area contributed by atoms with E-state index in [1.54, 1.807) is 18.2 Å². The maximum absolute atomic E-state index is 12.0. The molecule has 0 saturated heterocycles. The molecule has 2 nitrogen and oxygen atoms in total. The van der Waals surface area contributed by atoms with Crippen molar-refractivity contribution in [1.29, 1.82) is 0 Å². The molecule has 0 atom stereocenters. The molecule has 0 aliphatic heterocycles. The van der Waals surface area contributed by atoms with Gasteiger partial charge in [0, 0.05) is 14.5 Å². The van der Waals surface area contributed by atoms with E-state index in [-0.39, 0.29) is 12.3 Å². The summed E-state index contributed by atoms with van der Waals surface area (Å²) in [5.74, 6) is -0.165. The van der Waals surface area contributed by atoms with Crippen LogP contribution in [0.5, 0.6) is 0 Å². The van der Waals surface area contributed by atoms with E-state index in [1.165, 1.54) is 0 Å². The Morgan fingerprint density at radius 2 is 1.68 bits per heavy atom. The van der Waals surface area contributed by atoms with Gasteiger partial charge in [-0.3, -0.25) is 4.79 Å². The molecule has 0 fully saturated rings. The number of hydrogen-bond acceptors (Lipinski definition) is 1. The Morgan fingerprint density at radius 1 is 1.05 bits per heavy atom. The van der Waals surface area contributed by atoms with Gasteiger partial charge in [0.2, 0.25) is 5.91 Å². The predicted molar refractivity (Wildman–Crippen MR) is 82.9 cm³/mol. The quantitative estimate of drug-likeness (QED) is 0.827. The fraction of sp³-hybridized carbons (Fsp3) is 0.0714. The molecule has 2 rings (SSSR count). The van der Waals surface area contributed by atoms with Crippen molar-refractivity contribution in [2.45, 2.75) is 6.42 Å². The van der Waals surface area contributed by atoms with Gasteiger partial charge in [0.05, 0.1) is 12.1 Å². The Morgan fingerprint density at radius 3 is 2.32 bits per heavy atom. The fourth-order valence-corrected chi connectivity index (χ4v) is 2.53. The monoisotopic (exact) mass is 357 g/mol. The number of carbonyl (C=O) groups excluding carboxylic acids is 1. The van der Waals surface area contributed by atoms with Crippen molar-refractivity contribution in [3.63, 3.8) is 0 Å². The van der Waals surface area contributed by atoms with Gasteiger partial charge >= 0.3 is 0 Å². The van der Waals surface area contributed by atoms with E-state index < -0.39 is 0 Å². The normalized spacial score (nSPS) is 10.3. The molecule has 0 radical (unpaired) electrons. The van der Waals surface area contributed by atoms with Crippen molar-refractivity contribution >= 4 is 50.7 Å². The summed E-state index contributed by atoms with van der Waals surface area (Å²) in [6.45, 7) is 0. The van der Waals surface area contributed by atoms with E-state index in [4.69, 9.17) is 23.2 Å². The molecular weight excluding hydrogens is 349 g/mol. The predicted octanol–water partition coefficient (Wildman–Crippen LogP) is 4.94. The summed E-state index contributed by atoms with van der Waals surface area (Å²) in [4.78, 5) is 12.0. The van der Waals surface area contributed by atoms with Gasteiger partial charge in [-0.05, 0) is 45.8 Å². The first-order valence-corrected chi connectivity index (χ1v) is 7.10. The summed E-state index contributed by atoms with van der Waals surface area (Å²) in [5, 5.41) is 3.80. The van der Waals surface area contributed by atoms with Crippen LogP contribution in [0.1, 0.15) is 5.56 Å². The number of para-hydroxylation sites is 1. The molecule has 19 heavy (non-hydrogen) atoms. The minimum Gasteiger partial charge on any atom is -0.325 e. The fourth-order valence-electron chi connectivity index (χ4n) is 1.62. The first kappa shape index (κ1) is 14.4. The summed E-state index contributed by atoms with van der Waals surface area (Å²) in [6.07, 6.45) is 0.139. The van der Waals surface area contributed by atoms with Crippen molar-refractivity contribution in [1.82, 2.24) is 0 Å². The topological polar surface area (TPSA) is 29.1 Å². The van der Waals surface area contributed by atoms with Crippen molar-refractivity contribution in [3.8, 4) is 0 Å². The standard InChI is InChI=1S/C14H10BrCl2NO/c15-10-4-1-2-7-13(10)18-14(19)8-9-11(16)5-3-6-12(9)17/h1-7H,8H2,(H,18,19). The second-order valence-electron chi connectivity index (χ2n) is 3.91. The zero-order chi connectivity index (χ0) is 13.8. The Hall–Kier alpha value is -1.03. The van der Waals surface area contributed by atoms with Crippen LogP contribution in [-0.4, -0.2) is 5.91 Å². The Labute approximate surface area is 129 Å². The zero-order valence-electron chi connectivity index (χ0n) is 9.79. The highest BCUT2D eigenvalue weighted by atomic mass is 79.9. The van der Waals surface area contributed by atoms with Crippen molar-refractivity contribution < 1.29 is 4.79 Å². The molecule has 2 aromatic carbocycles. The average Bonchev–Trinajstić information content (AvgIpc) is 2.37. The lowest BCUT2D eigenvalue weighted by molar-refractivity contribution is -0.115. The second-order valence-corrected chi connectivity index (χ2v) is 5.57. The second kappa shape index (κ2) is 6.42. The summed E-state index contributed by atoms with van der Waals surface area (Å²) in [7, 11) is 0. The number of amides is 1. The molecule has 0 bridgehead atoms. The van der Waals surface area contributed by atoms with Gasteiger partial charge in [0.25, 0.3) is 0 Å². The van der Waals surface area contributed by atoms with Gasteiger partial charge in [-0.2, -0.15) is 0 Å². The van der Waals surface area contributed by atoms with Crippen molar-refractivity contribution in [2.75, 3.05) is 5.32 Å². The number of nitrogens with one attached hydrogen (secondary N) is 1. The third-order valence-corrected chi connectivity index (χ3v) is 3.95. The van der Waals surface area contributed by atoms with Gasteiger partial charge in [-0.15, -0.1) is 0 Å². The SMILES string of the molecule is O=C(Cc1c(Cl)cccc1Cl)Nc1ccccc1Br. The first-order chi connectivity index (χ1) is 9.08. The Bertz CT molecular complexity index is 596. The zero-order valence-corrected chi connectivity index (χ0v) is 12.9. The number of carbonyl (C=O) groups is 1. The molecule has 0 saturated carbocycles. The molecule has 0 unspecified atom stereocenters. The highest BCUT2D eigenvalue weighted by molar-refractivity contribution is 9.10. The Kier molecular flexibility index (Phi) is 4.86. The van der Waals surface area contributed by atoms with E-state index in [0.717, 1.165) is 10.2 Å². The maximum atomic E-state index is 12.0. The summed E-state index contributed by atoms with van der Waals surface area (Å²) in [5.41, 5.74) is 1.35. The number of anilines is 1.